The van der Waals surface area contributed by atoms with Crippen LogP contribution in [-0.4, -0.2) is 69.9 Å². The zero-order valence-corrected chi connectivity index (χ0v) is 24.5. The van der Waals surface area contributed by atoms with Crippen molar-refractivity contribution in [3.63, 3.8) is 0 Å². The number of aromatic nitrogens is 2. The lowest BCUT2D eigenvalue weighted by molar-refractivity contribution is 0.0544. The number of H-pyrrole nitrogens is 1. The minimum Gasteiger partial charge on any atom is -0.445 e. The molecule has 0 aliphatic carbocycles. The predicted octanol–water partition coefficient (Wildman–Crippen LogP) is 6.19. The van der Waals surface area contributed by atoms with E-state index in [1.165, 1.54) is 0 Å². The van der Waals surface area contributed by atoms with Gasteiger partial charge in [0.1, 0.15) is 18.0 Å². The molecule has 3 amide bonds. The zero-order valence-electron chi connectivity index (χ0n) is 24.5. The molecule has 2 heterocycles. The van der Waals surface area contributed by atoms with E-state index < -0.39 is 11.7 Å². The van der Waals surface area contributed by atoms with Crippen molar-refractivity contribution in [1.29, 1.82) is 0 Å². The van der Waals surface area contributed by atoms with Gasteiger partial charge in [0.15, 0.2) is 0 Å². The monoisotopic (exact) mass is 581 g/mol. The summed E-state index contributed by atoms with van der Waals surface area (Å²) in [6.07, 6.45) is -0.929. The lowest BCUT2D eigenvalue weighted by atomic mass is 10.0. The van der Waals surface area contributed by atoms with Gasteiger partial charge < -0.3 is 19.3 Å². The number of nitrogens with one attached hydrogen (secondary N) is 2. The Bertz CT molecular complexity index is 1570. The average Bonchev–Trinajstić information content (AvgIpc) is 3.47. The molecule has 1 aromatic heterocycles. The van der Waals surface area contributed by atoms with Crippen molar-refractivity contribution in [2.45, 2.75) is 33.0 Å². The lowest BCUT2D eigenvalue weighted by Gasteiger charge is -2.34. The number of carbonyl (C=O) groups is 3. The molecule has 0 atom stereocenters. The molecule has 0 spiro atoms. The van der Waals surface area contributed by atoms with E-state index in [1.54, 1.807) is 36.6 Å². The van der Waals surface area contributed by atoms with Gasteiger partial charge >= 0.3 is 12.2 Å². The van der Waals surface area contributed by atoms with E-state index in [4.69, 9.17) is 9.47 Å². The SMILES string of the molecule is CC(C)(C)OC(=O)Nc1cc(-c2cccc(-c3ccc(C(=O)N4CCN(C(=O)OCc5ccccc5)CC4)cc3)c2)n[nH]1. The molecule has 0 bridgehead atoms. The van der Waals surface area contributed by atoms with E-state index in [9.17, 15) is 14.4 Å². The molecular weight excluding hydrogens is 546 g/mol. The number of benzene rings is 3. The highest BCUT2D eigenvalue weighted by Gasteiger charge is 2.26. The van der Waals surface area contributed by atoms with Crippen LogP contribution in [0.4, 0.5) is 15.4 Å². The van der Waals surface area contributed by atoms with Crippen molar-refractivity contribution >= 4 is 23.9 Å². The summed E-state index contributed by atoms with van der Waals surface area (Å²) in [7, 11) is 0. The van der Waals surface area contributed by atoms with Gasteiger partial charge in [-0.1, -0.05) is 60.7 Å². The summed E-state index contributed by atoms with van der Waals surface area (Å²) >= 11 is 0. The Kier molecular flexibility index (Phi) is 8.75. The van der Waals surface area contributed by atoms with Gasteiger partial charge in [-0.25, -0.2) is 9.59 Å². The molecule has 4 aromatic rings. The number of rotatable bonds is 6. The fourth-order valence-electron chi connectivity index (χ4n) is 4.70. The molecule has 0 unspecified atom stereocenters. The molecule has 0 radical (unpaired) electrons. The van der Waals surface area contributed by atoms with Crippen molar-refractivity contribution in [3.05, 3.63) is 96.1 Å². The third kappa shape index (κ3) is 7.79. The maximum atomic E-state index is 13.2. The summed E-state index contributed by atoms with van der Waals surface area (Å²) in [5, 5.41) is 9.80. The second kappa shape index (κ2) is 12.8. The Morgan fingerprint density at radius 3 is 2.19 bits per heavy atom. The Labute approximate surface area is 250 Å². The van der Waals surface area contributed by atoms with E-state index in [-0.39, 0.29) is 18.6 Å². The Hall–Kier alpha value is -5.12. The van der Waals surface area contributed by atoms with Crippen molar-refractivity contribution in [1.82, 2.24) is 20.0 Å². The topological polar surface area (TPSA) is 117 Å². The number of carbonyl (C=O) groups excluding carboxylic acids is 3. The van der Waals surface area contributed by atoms with Crippen molar-refractivity contribution in [3.8, 4) is 22.4 Å². The second-order valence-electron chi connectivity index (χ2n) is 11.3. The highest BCUT2D eigenvalue weighted by molar-refractivity contribution is 5.95. The van der Waals surface area contributed by atoms with Crippen molar-refractivity contribution in [2.24, 2.45) is 0 Å². The number of hydrogen-bond donors (Lipinski definition) is 2. The molecule has 5 rings (SSSR count). The minimum atomic E-state index is -0.602. The predicted molar refractivity (Wildman–Crippen MR) is 163 cm³/mol. The van der Waals surface area contributed by atoms with Gasteiger partial charge in [0, 0.05) is 43.4 Å². The van der Waals surface area contributed by atoms with E-state index >= 15 is 0 Å². The number of anilines is 1. The molecule has 222 valence electrons. The van der Waals surface area contributed by atoms with Crippen LogP contribution in [0.5, 0.6) is 0 Å². The molecular formula is C33H35N5O5. The van der Waals surface area contributed by atoms with Gasteiger partial charge in [0.05, 0.1) is 5.69 Å². The summed E-state index contributed by atoms with van der Waals surface area (Å²) in [6, 6.07) is 26.6. The summed E-state index contributed by atoms with van der Waals surface area (Å²) < 4.78 is 10.7. The first-order valence-electron chi connectivity index (χ1n) is 14.2. The van der Waals surface area contributed by atoms with Crippen LogP contribution in [-0.2, 0) is 16.1 Å². The van der Waals surface area contributed by atoms with Crippen LogP contribution >= 0.6 is 0 Å². The molecule has 2 N–H and O–H groups in total. The number of amides is 3. The number of hydrogen-bond acceptors (Lipinski definition) is 6. The van der Waals surface area contributed by atoms with Crippen LogP contribution < -0.4 is 5.32 Å². The maximum Gasteiger partial charge on any atom is 0.413 e. The van der Waals surface area contributed by atoms with Crippen LogP contribution in [0.15, 0.2) is 84.9 Å². The van der Waals surface area contributed by atoms with E-state index in [2.05, 4.69) is 15.5 Å². The van der Waals surface area contributed by atoms with Gasteiger partial charge in [0.25, 0.3) is 5.91 Å². The molecule has 1 saturated heterocycles. The fraction of sp³-hybridized carbons (Fsp3) is 0.273. The molecule has 1 fully saturated rings. The second-order valence-corrected chi connectivity index (χ2v) is 11.3. The van der Waals surface area contributed by atoms with Crippen LogP contribution in [0.3, 0.4) is 0 Å². The molecule has 1 aliphatic heterocycles. The standard InChI is InChI=1S/C33H35N5O5/c1-33(2,3)43-31(40)34-29-21-28(35-36-29)27-11-7-10-26(20-27)24-12-14-25(15-13-24)30(39)37-16-18-38(19-17-37)32(41)42-22-23-8-5-4-6-9-23/h4-15,20-21H,16-19,22H2,1-3H3,(H2,34,35,36,40). The quantitative estimate of drug-likeness (QED) is 0.281. The largest absolute Gasteiger partial charge is 0.445 e. The lowest BCUT2D eigenvalue weighted by Crippen LogP contribution is -2.50. The van der Waals surface area contributed by atoms with Gasteiger partial charge in [-0.15, -0.1) is 0 Å². The summed E-state index contributed by atoms with van der Waals surface area (Å²) in [4.78, 5) is 41.1. The molecule has 3 aromatic carbocycles. The summed E-state index contributed by atoms with van der Waals surface area (Å²) in [6.45, 7) is 7.35. The van der Waals surface area contributed by atoms with E-state index in [0.717, 1.165) is 22.3 Å². The van der Waals surface area contributed by atoms with Crippen LogP contribution in [0.25, 0.3) is 22.4 Å². The van der Waals surface area contributed by atoms with E-state index in [1.807, 2.05) is 78.9 Å². The third-order valence-corrected chi connectivity index (χ3v) is 6.87. The highest BCUT2D eigenvalue weighted by atomic mass is 16.6. The molecule has 0 saturated carbocycles. The average molecular weight is 582 g/mol. The zero-order chi connectivity index (χ0) is 30.4. The van der Waals surface area contributed by atoms with Crippen LogP contribution in [0, 0.1) is 0 Å². The first kappa shape index (κ1) is 29.4. The molecule has 1 aliphatic rings. The summed E-state index contributed by atoms with van der Waals surface area (Å²) in [5.41, 5.74) is 4.37. The first-order valence-corrected chi connectivity index (χ1v) is 14.2. The van der Waals surface area contributed by atoms with Gasteiger partial charge in [-0.3, -0.25) is 15.2 Å². The maximum absolute atomic E-state index is 13.2. The Morgan fingerprint density at radius 2 is 1.49 bits per heavy atom. The number of nitrogens with zero attached hydrogens (tertiary/aromatic N) is 3. The molecule has 10 heteroatoms. The van der Waals surface area contributed by atoms with Gasteiger partial charge in [0.2, 0.25) is 0 Å². The molecule has 10 nitrogen and oxygen atoms in total. The number of aromatic amines is 1. The molecule has 43 heavy (non-hydrogen) atoms. The van der Waals surface area contributed by atoms with Crippen LogP contribution in [0.2, 0.25) is 0 Å². The smallest absolute Gasteiger partial charge is 0.413 e. The fourth-order valence-corrected chi connectivity index (χ4v) is 4.70. The third-order valence-electron chi connectivity index (χ3n) is 6.87. The Morgan fingerprint density at radius 1 is 0.814 bits per heavy atom. The normalized spacial score (nSPS) is 13.4. The Balaban J connectivity index is 1.16. The van der Waals surface area contributed by atoms with Crippen molar-refractivity contribution in [2.75, 3.05) is 31.5 Å². The first-order chi connectivity index (χ1) is 20.6. The van der Waals surface area contributed by atoms with Gasteiger partial charge in [-0.05, 0) is 55.7 Å². The van der Waals surface area contributed by atoms with Gasteiger partial charge in [-0.2, -0.15) is 5.10 Å². The highest BCUT2D eigenvalue weighted by Crippen LogP contribution is 2.27. The van der Waals surface area contributed by atoms with Crippen molar-refractivity contribution < 1.29 is 23.9 Å². The van der Waals surface area contributed by atoms with Crippen LogP contribution in [0.1, 0.15) is 36.7 Å². The number of ether oxygens (including phenoxy) is 2. The van der Waals surface area contributed by atoms with E-state index in [0.29, 0.717) is 43.3 Å². The number of piperazine rings is 1. The summed E-state index contributed by atoms with van der Waals surface area (Å²) in [5.74, 6) is 0.363. The minimum absolute atomic E-state index is 0.0702.